The largest absolute Gasteiger partial charge is 0.203 e. The minimum Gasteiger partial charge on any atom is -0.203 e. The maximum Gasteiger partial charge on any atom is 0.200 e. The minimum atomic E-state index is -2.12. The molecule has 0 nitrogen and oxygen atoms in total. The van der Waals surface area contributed by atoms with Crippen LogP contribution in [0.2, 0.25) is 0 Å². The van der Waals surface area contributed by atoms with Crippen LogP contribution in [0, 0.1) is 29.1 Å². The van der Waals surface area contributed by atoms with Crippen molar-refractivity contribution in [1.82, 2.24) is 0 Å². The summed E-state index contributed by atoms with van der Waals surface area (Å²) in [6, 6.07) is 10.7. The van der Waals surface area contributed by atoms with Crippen molar-refractivity contribution in [1.29, 1.82) is 0 Å². The van der Waals surface area contributed by atoms with E-state index in [1.807, 2.05) is 0 Å². The average Bonchev–Trinajstić information content (AvgIpc) is 2.66. The van der Waals surface area contributed by atoms with Gasteiger partial charge in [0, 0.05) is 5.56 Å². The van der Waals surface area contributed by atoms with Gasteiger partial charge in [0.25, 0.3) is 0 Å². The molecule has 27 heavy (non-hydrogen) atoms. The Bertz CT molecular complexity index is 735. The van der Waals surface area contributed by atoms with Gasteiger partial charge in [0.2, 0.25) is 5.82 Å². The molecule has 0 heterocycles. The molecule has 2 aromatic rings. The first-order valence-corrected chi connectivity index (χ1v) is 8.98. The van der Waals surface area contributed by atoms with Gasteiger partial charge in [-0.05, 0) is 29.2 Å². The summed E-state index contributed by atoms with van der Waals surface area (Å²) in [5, 5.41) is 0. The molecule has 2 rings (SSSR count). The van der Waals surface area contributed by atoms with Crippen LogP contribution in [0.25, 0.3) is 0 Å². The van der Waals surface area contributed by atoms with Crippen LogP contribution in [0.4, 0.5) is 22.0 Å². The van der Waals surface area contributed by atoms with Gasteiger partial charge in [-0.25, -0.2) is 22.0 Å². The van der Waals surface area contributed by atoms with Gasteiger partial charge in [-0.1, -0.05) is 71.9 Å². The van der Waals surface area contributed by atoms with Crippen molar-refractivity contribution in [2.75, 3.05) is 0 Å². The molecule has 0 radical (unpaired) electrons. The molecule has 0 aromatic heterocycles. The van der Waals surface area contributed by atoms with Gasteiger partial charge in [0.1, 0.15) is 0 Å². The predicted octanol–water partition coefficient (Wildman–Crippen LogP) is 7.44. The summed E-state index contributed by atoms with van der Waals surface area (Å²) in [4.78, 5) is 0. The molecular weight excluding hydrogens is 359 g/mol. The highest BCUT2D eigenvalue weighted by Crippen LogP contribution is 2.34. The molecule has 0 atom stereocenters. The van der Waals surface area contributed by atoms with Crippen molar-refractivity contribution in [2.45, 2.75) is 65.2 Å². The van der Waals surface area contributed by atoms with Crippen LogP contribution in [0.15, 0.2) is 30.3 Å². The van der Waals surface area contributed by atoms with E-state index in [1.165, 1.54) is 25.8 Å². The summed E-state index contributed by atoms with van der Waals surface area (Å²) < 4.78 is 65.3. The fourth-order valence-corrected chi connectivity index (χ4v) is 2.47. The van der Waals surface area contributed by atoms with Crippen molar-refractivity contribution in [3.63, 3.8) is 0 Å². The van der Waals surface area contributed by atoms with Crippen molar-refractivity contribution >= 4 is 0 Å². The van der Waals surface area contributed by atoms with E-state index in [9.17, 15) is 22.0 Å². The molecule has 0 saturated heterocycles. The third-order valence-electron chi connectivity index (χ3n) is 5.21. The number of halogens is 5. The molecule has 0 aliphatic heterocycles. The molecular formula is C22H27F5. The molecule has 5 heteroatoms. The third kappa shape index (κ3) is 5.08. The van der Waals surface area contributed by atoms with Crippen LogP contribution < -0.4 is 0 Å². The molecule has 0 spiro atoms. The first-order chi connectivity index (χ1) is 12.4. The second-order valence-corrected chi connectivity index (χ2v) is 7.79. The first kappa shape index (κ1) is 23.1. The lowest BCUT2D eigenvalue weighted by Gasteiger charge is -2.24. The Kier molecular flexibility index (Phi) is 7.58. The number of hydrogen-bond acceptors (Lipinski definition) is 0. The van der Waals surface area contributed by atoms with Gasteiger partial charge < -0.3 is 0 Å². The molecule has 2 aromatic carbocycles. The summed E-state index contributed by atoms with van der Waals surface area (Å²) in [6.45, 7) is 11.2. The molecule has 0 bridgehead atoms. The number of benzene rings is 2. The highest BCUT2D eigenvalue weighted by Gasteiger charge is 2.33. The summed E-state index contributed by atoms with van der Waals surface area (Å²) in [5.74, 6) is -9.40. The highest BCUT2D eigenvalue weighted by atomic mass is 19.2. The maximum atomic E-state index is 13.4. The maximum absolute atomic E-state index is 13.4. The zero-order valence-electron chi connectivity index (χ0n) is 16.7. The van der Waals surface area contributed by atoms with Gasteiger partial charge in [-0.2, -0.15) is 0 Å². The zero-order chi connectivity index (χ0) is 21.0. The lowest BCUT2D eigenvalue weighted by Crippen LogP contribution is -2.22. The lowest BCUT2D eigenvalue weighted by atomic mass is 9.81. The zero-order valence-corrected chi connectivity index (χ0v) is 16.7. The van der Waals surface area contributed by atoms with E-state index in [-0.39, 0.29) is 6.42 Å². The lowest BCUT2D eigenvalue weighted by molar-refractivity contribution is 0.344. The van der Waals surface area contributed by atoms with Crippen molar-refractivity contribution in [2.24, 2.45) is 0 Å². The Hall–Kier alpha value is -1.91. The number of rotatable bonds is 4. The van der Waals surface area contributed by atoms with Gasteiger partial charge in [0.05, 0.1) is 0 Å². The molecule has 0 aliphatic carbocycles. The Balaban J connectivity index is 0.000000289. The molecule has 0 fully saturated rings. The monoisotopic (exact) mass is 386 g/mol. The quantitative estimate of drug-likeness (QED) is 0.291. The van der Waals surface area contributed by atoms with E-state index in [0.29, 0.717) is 5.41 Å². The predicted molar refractivity (Wildman–Crippen MR) is 99.3 cm³/mol. The van der Waals surface area contributed by atoms with Crippen LogP contribution in [-0.4, -0.2) is 0 Å². The van der Waals surface area contributed by atoms with Crippen molar-refractivity contribution in [3.05, 3.63) is 70.5 Å². The summed E-state index contributed by atoms with van der Waals surface area (Å²) in [5.41, 5.74) is -0.0981. The van der Waals surface area contributed by atoms with Crippen molar-refractivity contribution in [3.8, 4) is 0 Å². The Morgan fingerprint density at radius 3 is 1.33 bits per heavy atom. The van der Waals surface area contributed by atoms with Crippen LogP contribution in [0.5, 0.6) is 0 Å². The Morgan fingerprint density at radius 1 is 0.593 bits per heavy atom. The van der Waals surface area contributed by atoms with Crippen LogP contribution in [0.1, 0.15) is 65.5 Å². The van der Waals surface area contributed by atoms with Crippen LogP contribution >= 0.6 is 0 Å². The smallest absolute Gasteiger partial charge is 0.200 e. The van der Waals surface area contributed by atoms with Crippen molar-refractivity contribution < 1.29 is 22.0 Å². The second kappa shape index (κ2) is 8.85. The standard InChI is InChI=1S/C11H11F5.C11H16/c1-4-11(2,3)5-6(12)8(14)10(16)9(15)7(5)13;1-4-11(2,3)10-8-6-5-7-9-10/h4H2,1-3H3;5-9H,4H2,1-3H3. The second-order valence-electron chi connectivity index (χ2n) is 7.79. The Labute approximate surface area is 158 Å². The van der Waals surface area contributed by atoms with E-state index in [1.54, 1.807) is 6.92 Å². The van der Waals surface area contributed by atoms with Gasteiger partial charge >= 0.3 is 0 Å². The molecule has 0 unspecified atom stereocenters. The molecule has 0 amide bonds. The molecule has 150 valence electrons. The van der Waals surface area contributed by atoms with Crippen LogP contribution in [0.3, 0.4) is 0 Å². The fraction of sp³-hybridized carbons (Fsp3) is 0.455. The average molecular weight is 386 g/mol. The summed E-state index contributed by atoms with van der Waals surface area (Å²) in [7, 11) is 0. The van der Waals surface area contributed by atoms with E-state index < -0.39 is 40.1 Å². The van der Waals surface area contributed by atoms with E-state index in [2.05, 4.69) is 51.1 Å². The van der Waals surface area contributed by atoms with Gasteiger partial charge in [0.15, 0.2) is 23.3 Å². The SMILES string of the molecule is CCC(C)(C)c1c(F)c(F)c(F)c(F)c1F.CCC(C)(C)c1ccccc1. The summed E-state index contributed by atoms with van der Waals surface area (Å²) >= 11 is 0. The Morgan fingerprint density at radius 2 is 0.963 bits per heavy atom. The topological polar surface area (TPSA) is 0 Å². The molecule has 0 aliphatic rings. The minimum absolute atomic E-state index is 0.255. The fourth-order valence-electron chi connectivity index (χ4n) is 2.47. The molecule has 0 saturated carbocycles. The van der Waals surface area contributed by atoms with E-state index in [0.717, 1.165) is 0 Å². The van der Waals surface area contributed by atoms with Gasteiger partial charge in [-0.3, -0.25) is 0 Å². The normalized spacial score (nSPS) is 11.8. The summed E-state index contributed by atoms with van der Waals surface area (Å²) in [6.07, 6.45) is 1.45. The van der Waals surface area contributed by atoms with Gasteiger partial charge in [-0.15, -0.1) is 0 Å². The van der Waals surface area contributed by atoms with E-state index in [4.69, 9.17) is 0 Å². The third-order valence-corrected chi connectivity index (χ3v) is 5.21. The highest BCUT2D eigenvalue weighted by molar-refractivity contribution is 5.30. The molecule has 0 N–H and O–H groups in total. The van der Waals surface area contributed by atoms with E-state index >= 15 is 0 Å². The number of hydrogen-bond donors (Lipinski definition) is 0. The first-order valence-electron chi connectivity index (χ1n) is 8.98. The van der Waals surface area contributed by atoms with Crippen LogP contribution in [-0.2, 0) is 10.8 Å².